The fourth-order valence-corrected chi connectivity index (χ4v) is 5.40. The molecule has 0 unspecified atom stereocenters. The van der Waals surface area contributed by atoms with Crippen molar-refractivity contribution in [3.8, 4) is 5.75 Å². The molecule has 5 rings (SSSR count). The maximum atomic E-state index is 12.8. The summed E-state index contributed by atoms with van der Waals surface area (Å²) in [5, 5.41) is 8.13. The Morgan fingerprint density at radius 3 is 2.40 bits per heavy atom. The first kappa shape index (κ1) is 29.1. The molecule has 7 nitrogen and oxygen atoms in total. The van der Waals surface area contributed by atoms with Gasteiger partial charge in [0.25, 0.3) is 0 Å². The van der Waals surface area contributed by atoms with Crippen molar-refractivity contribution >= 4 is 35.2 Å². The minimum absolute atomic E-state index is 0. The van der Waals surface area contributed by atoms with Gasteiger partial charge in [0.1, 0.15) is 11.3 Å². The molecule has 2 N–H and O–H groups in total. The molecule has 4 aromatic carbocycles. The Morgan fingerprint density at radius 2 is 1.60 bits per heavy atom. The number of carbonyl (C=O) groups is 2. The molecular weight excluding hydrogens is 526 g/mol. The number of benzene rings is 4. The highest BCUT2D eigenvalue weighted by Crippen LogP contribution is 2.32. The molecule has 1 fully saturated rings. The normalized spacial score (nSPS) is 17.6. The first-order valence-corrected chi connectivity index (χ1v) is 13.2. The third-order valence-electron chi connectivity index (χ3n) is 7.39. The van der Waals surface area contributed by atoms with Crippen LogP contribution in [0.4, 0.5) is 4.79 Å². The summed E-state index contributed by atoms with van der Waals surface area (Å²) in [7, 11) is 1.29. The molecule has 0 bridgehead atoms. The number of fused-ring (bicyclic) bond motifs is 1. The lowest BCUT2D eigenvalue weighted by atomic mass is 9.88. The summed E-state index contributed by atoms with van der Waals surface area (Å²) < 4.78 is 10.3. The number of rotatable bonds is 8. The van der Waals surface area contributed by atoms with Gasteiger partial charge in [-0.2, -0.15) is 0 Å². The summed E-state index contributed by atoms with van der Waals surface area (Å²) >= 11 is 0. The van der Waals surface area contributed by atoms with Gasteiger partial charge in [-0.1, -0.05) is 84.9 Å². The van der Waals surface area contributed by atoms with Crippen LogP contribution in [0.3, 0.4) is 0 Å². The molecule has 40 heavy (non-hydrogen) atoms. The van der Waals surface area contributed by atoms with E-state index in [-0.39, 0.29) is 41.6 Å². The van der Waals surface area contributed by atoms with E-state index in [4.69, 9.17) is 9.47 Å². The minimum Gasteiger partial charge on any atom is -0.465 e. The van der Waals surface area contributed by atoms with Crippen molar-refractivity contribution in [2.45, 2.75) is 18.9 Å². The molecule has 0 radical (unpaired) electrons. The van der Waals surface area contributed by atoms with E-state index in [1.54, 1.807) is 24.3 Å². The molecule has 1 amide bonds. The van der Waals surface area contributed by atoms with Crippen LogP contribution in [0.1, 0.15) is 40.4 Å². The zero-order valence-corrected chi connectivity index (χ0v) is 23.4. The number of halogens is 1. The van der Waals surface area contributed by atoms with Crippen molar-refractivity contribution in [2.24, 2.45) is 5.92 Å². The van der Waals surface area contributed by atoms with E-state index in [9.17, 15) is 9.59 Å². The van der Waals surface area contributed by atoms with Crippen LogP contribution >= 0.6 is 12.4 Å². The molecule has 1 heterocycles. The summed E-state index contributed by atoms with van der Waals surface area (Å²) in [6, 6.07) is 32.0. The van der Waals surface area contributed by atoms with Crippen molar-refractivity contribution in [2.75, 3.05) is 26.7 Å². The van der Waals surface area contributed by atoms with Crippen molar-refractivity contribution in [1.82, 2.24) is 15.8 Å². The van der Waals surface area contributed by atoms with Crippen molar-refractivity contribution in [1.29, 1.82) is 0 Å². The van der Waals surface area contributed by atoms with Gasteiger partial charge in [-0.05, 0) is 46.9 Å². The molecule has 0 aliphatic carbocycles. The maximum Gasteiger partial charge on any atom is 0.427 e. The van der Waals surface area contributed by atoms with Gasteiger partial charge in [0.05, 0.1) is 7.11 Å². The van der Waals surface area contributed by atoms with Crippen molar-refractivity contribution in [3.05, 3.63) is 114 Å². The van der Waals surface area contributed by atoms with Gasteiger partial charge in [-0.3, -0.25) is 5.43 Å². The zero-order valence-electron chi connectivity index (χ0n) is 22.6. The molecule has 208 valence electrons. The number of nitrogens with one attached hydrogen (secondary N) is 2. The van der Waals surface area contributed by atoms with Crippen molar-refractivity contribution in [3.63, 3.8) is 0 Å². The van der Waals surface area contributed by atoms with E-state index in [1.807, 2.05) is 23.2 Å². The predicted molar refractivity (Wildman–Crippen MR) is 159 cm³/mol. The number of esters is 1. The number of hydrazine groups is 1. The molecule has 0 saturated carbocycles. The maximum absolute atomic E-state index is 12.8. The van der Waals surface area contributed by atoms with Crippen molar-refractivity contribution < 1.29 is 19.1 Å². The van der Waals surface area contributed by atoms with Gasteiger partial charge in [-0.15, -0.1) is 12.4 Å². The third kappa shape index (κ3) is 6.62. The van der Waals surface area contributed by atoms with Crippen LogP contribution in [0, 0.1) is 5.92 Å². The van der Waals surface area contributed by atoms with E-state index in [0.29, 0.717) is 13.1 Å². The summed E-state index contributed by atoms with van der Waals surface area (Å²) in [5.74, 6) is 0.0755. The van der Waals surface area contributed by atoms with Crippen LogP contribution in [0.5, 0.6) is 5.75 Å². The van der Waals surface area contributed by atoms with Gasteiger partial charge in [-0.25, -0.2) is 14.6 Å². The number of hydrogen-bond donors (Lipinski definition) is 2. The Kier molecular flexibility index (Phi) is 9.77. The van der Waals surface area contributed by atoms with Crippen LogP contribution in [0.2, 0.25) is 0 Å². The second-order valence-corrected chi connectivity index (χ2v) is 9.87. The lowest BCUT2D eigenvalue weighted by molar-refractivity contribution is 0.0597. The smallest absolute Gasteiger partial charge is 0.427 e. The largest absolute Gasteiger partial charge is 0.465 e. The average molecular weight is 560 g/mol. The van der Waals surface area contributed by atoms with E-state index in [0.717, 1.165) is 6.54 Å². The van der Waals surface area contributed by atoms with E-state index >= 15 is 0 Å². The highest BCUT2D eigenvalue weighted by atomic mass is 35.5. The number of hydrogen-bond acceptors (Lipinski definition) is 6. The summed E-state index contributed by atoms with van der Waals surface area (Å²) in [5.41, 5.74) is 5.58. The van der Waals surface area contributed by atoms with E-state index < -0.39 is 12.1 Å². The van der Waals surface area contributed by atoms with Crippen LogP contribution < -0.4 is 15.5 Å². The standard InChI is InChI=1S/C32H33N3O4.ClH/c1-22(26-17-10-14-23-13-6-7-15-27(23)26)33-19-25-20-35(21-29(25)24-11-4-3-5-12-24)34-32(37)39-30-18-9-8-16-28(30)31(36)38-2;/h3-18,22,25,29,33H,19-21H2,1-2H3,(H,34,37);1H/t22-,25+,29-;/m1./s1. The second-order valence-electron chi connectivity index (χ2n) is 9.87. The molecule has 3 atom stereocenters. The van der Waals surface area contributed by atoms with Crippen LogP contribution in [-0.2, 0) is 4.74 Å². The number of amides is 1. The summed E-state index contributed by atoms with van der Waals surface area (Å²) in [4.78, 5) is 24.9. The Bertz CT molecular complexity index is 1440. The molecule has 1 aliphatic heterocycles. The number of para-hydroxylation sites is 1. The first-order chi connectivity index (χ1) is 19.0. The minimum atomic E-state index is -0.643. The predicted octanol–water partition coefficient (Wildman–Crippen LogP) is 6.12. The van der Waals surface area contributed by atoms with Crippen LogP contribution in [0.25, 0.3) is 10.8 Å². The molecule has 1 aliphatic rings. The summed E-state index contributed by atoms with van der Waals surface area (Å²) in [6.07, 6.45) is -0.643. The molecule has 8 heteroatoms. The quantitative estimate of drug-likeness (QED) is 0.253. The molecule has 0 aromatic heterocycles. The lowest BCUT2D eigenvalue weighted by Crippen LogP contribution is -2.43. The SMILES string of the molecule is COC(=O)c1ccccc1OC(=O)NN1C[C@H](CN[C@H](C)c2cccc3ccccc23)[C@@H](c2ccccc2)C1.Cl. The first-order valence-electron chi connectivity index (χ1n) is 13.2. The number of methoxy groups -OCH3 is 1. The van der Waals surface area contributed by atoms with Gasteiger partial charge >= 0.3 is 12.1 Å². The molecule has 1 saturated heterocycles. The molecular formula is C32H34ClN3O4. The van der Waals surface area contributed by atoms with Gasteiger partial charge < -0.3 is 14.8 Å². The van der Waals surface area contributed by atoms with Gasteiger partial charge in [0.2, 0.25) is 0 Å². The third-order valence-corrected chi connectivity index (χ3v) is 7.39. The van der Waals surface area contributed by atoms with Gasteiger partial charge in [0.15, 0.2) is 0 Å². The average Bonchev–Trinajstić information content (AvgIpc) is 3.38. The Balaban J connectivity index is 0.00000370. The number of nitrogens with zero attached hydrogens (tertiary/aromatic N) is 1. The highest BCUT2D eigenvalue weighted by molar-refractivity contribution is 5.93. The fourth-order valence-electron chi connectivity index (χ4n) is 5.40. The molecule has 4 aromatic rings. The Hall–Kier alpha value is -3.91. The van der Waals surface area contributed by atoms with E-state index in [1.165, 1.54) is 29.0 Å². The van der Waals surface area contributed by atoms with Gasteiger partial charge in [0, 0.05) is 31.6 Å². The molecule has 0 spiro atoms. The number of carbonyl (C=O) groups excluding carboxylic acids is 2. The Morgan fingerprint density at radius 1 is 0.900 bits per heavy atom. The Labute approximate surface area is 240 Å². The fraction of sp³-hybridized carbons (Fsp3) is 0.250. The second kappa shape index (κ2) is 13.4. The van der Waals surface area contributed by atoms with Crippen LogP contribution in [0.15, 0.2) is 97.1 Å². The van der Waals surface area contributed by atoms with E-state index in [2.05, 4.69) is 72.3 Å². The summed E-state index contributed by atoms with van der Waals surface area (Å²) in [6.45, 7) is 4.28. The monoisotopic (exact) mass is 559 g/mol. The highest BCUT2D eigenvalue weighted by Gasteiger charge is 2.35. The topological polar surface area (TPSA) is 79.9 Å². The van der Waals surface area contributed by atoms with Crippen LogP contribution in [-0.4, -0.2) is 43.8 Å². The lowest BCUT2D eigenvalue weighted by Gasteiger charge is -2.23. The number of ether oxygens (including phenoxy) is 2. The zero-order chi connectivity index (χ0) is 27.2.